The molecule has 0 aromatic rings. The van der Waals surface area contributed by atoms with Crippen LogP contribution in [0.25, 0.3) is 0 Å². The van der Waals surface area contributed by atoms with Crippen LogP contribution in [0.15, 0.2) is 0 Å². The van der Waals surface area contributed by atoms with Gasteiger partial charge in [-0.15, -0.1) is 0 Å². The molecule has 14 heteroatoms. The molecule has 0 rings (SSSR count). The van der Waals surface area contributed by atoms with Crippen molar-refractivity contribution in [2.24, 2.45) is 0 Å². The van der Waals surface area contributed by atoms with Gasteiger partial charge in [0.2, 0.25) is 0 Å². The third-order valence-corrected chi connectivity index (χ3v) is 0. The van der Waals surface area contributed by atoms with Gasteiger partial charge in [-0.25, -0.2) is 0 Å². The largest absolute Gasteiger partial charge is 3.00 e. The van der Waals surface area contributed by atoms with Crippen molar-refractivity contribution < 1.29 is 62.0 Å². The Hall–Kier alpha value is -1.08. The van der Waals surface area contributed by atoms with Crippen LogP contribution in [0.5, 0.6) is 0 Å². The van der Waals surface area contributed by atoms with Gasteiger partial charge in [0.05, 0.1) is 15.3 Å². The molecule has 0 radical (unpaired) electrons. The van der Waals surface area contributed by atoms with Gasteiger partial charge in [-0.05, 0) is 0 Å². The summed E-state index contributed by atoms with van der Waals surface area (Å²) < 4.78 is 0. The minimum absolute atomic E-state index is 0. The van der Waals surface area contributed by atoms with E-state index in [9.17, 15) is 0 Å². The van der Waals surface area contributed by atoms with Crippen molar-refractivity contribution in [2.45, 2.75) is 0 Å². The summed E-state index contributed by atoms with van der Waals surface area (Å²) >= 11 is 0. The molecule has 0 spiro atoms. The second-order valence-corrected chi connectivity index (χ2v) is 0.671. The number of nitrogens with zero attached hydrogens (tertiary/aromatic N) is 3. The predicted octanol–water partition coefficient (Wildman–Crippen LogP) is -1.54. The van der Waals surface area contributed by atoms with Crippen LogP contribution in [0.3, 0.4) is 0 Å². The molecule has 0 saturated heterocycles. The molecule has 14 heavy (non-hydrogen) atoms. The molecule has 0 atom stereocenters. The van der Waals surface area contributed by atoms with Gasteiger partial charge in [0, 0.05) is 0 Å². The molecule has 0 aliphatic rings. The average Bonchev–Trinajstić information content (AvgIpc) is 1.54. The van der Waals surface area contributed by atoms with Gasteiger partial charge in [0.25, 0.3) is 0 Å². The van der Waals surface area contributed by atoms with E-state index < -0.39 is 15.3 Å². The Balaban J connectivity index is -0.0000000270. The SMILES string of the molecule is O.O=[N+]([O-])[O-].O=[N+]([O-])[O-].O=[N+]([O-])[O-].[Pr+3]. The van der Waals surface area contributed by atoms with Gasteiger partial charge in [-0.1, -0.05) is 0 Å². The summed E-state index contributed by atoms with van der Waals surface area (Å²) in [6.07, 6.45) is 0. The molecule has 0 aromatic heterocycles. The van der Waals surface area contributed by atoms with E-state index in [-0.39, 0.29) is 46.8 Å². The van der Waals surface area contributed by atoms with Crippen molar-refractivity contribution >= 4 is 0 Å². The van der Waals surface area contributed by atoms with Crippen LogP contribution in [0, 0.1) is 87.3 Å². The zero-order valence-electron chi connectivity index (χ0n) is 6.09. The zero-order valence-corrected chi connectivity index (χ0v) is 9.80. The minimum atomic E-state index is -1.75. The average molecular weight is 345 g/mol. The molecule has 0 amide bonds. The fourth-order valence-corrected chi connectivity index (χ4v) is 0. The summed E-state index contributed by atoms with van der Waals surface area (Å²) in [5.41, 5.74) is 0. The third-order valence-electron chi connectivity index (χ3n) is 0. The molecular weight excluding hydrogens is 343 g/mol. The van der Waals surface area contributed by atoms with Crippen LogP contribution in [0.4, 0.5) is 0 Å². The predicted molar refractivity (Wildman–Crippen MR) is 34.7 cm³/mol. The van der Waals surface area contributed by atoms with Gasteiger partial charge in [0.1, 0.15) is 0 Å². The van der Waals surface area contributed by atoms with Crippen LogP contribution in [0.2, 0.25) is 0 Å². The molecular formula is H2N3O10Pr. The second kappa shape index (κ2) is 22.7. The van der Waals surface area contributed by atoms with Crippen molar-refractivity contribution in [1.29, 1.82) is 0 Å². The molecule has 2 N–H and O–H groups in total. The Morgan fingerprint density at radius 1 is 0.571 bits per heavy atom. The molecule has 13 nitrogen and oxygen atoms in total. The fraction of sp³-hybridized carbons (Fsp3) is 0. The first-order valence-corrected chi connectivity index (χ1v) is 1.64. The van der Waals surface area contributed by atoms with Gasteiger partial charge in [-0.3, -0.25) is 0 Å². The maximum Gasteiger partial charge on any atom is 3.00 e. The van der Waals surface area contributed by atoms with Crippen LogP contribution in [-0.2, 0) is 0 Å². The molecule has 0 aliphatic heterocycles. The van der Waals surface area contributed by atoms with Crippen molar-refractivity contribution in [2.75, 3.05) is 0 Å². The molecule has 0 fully saturated rings. The minimum Gasteiger partial charge on any atom is -0.412 e. The Morgan fingerprint density at radius 2 is 0.571 bits per heavy atom. The molecule has 0 saturated carbocycles. The first-order chi connectivity index (χ1) is 5.20. The third kappa shape index (κ3) is 929. The summed E-state index contributed by atoms with van der Waals surface area (Å²) in [6.45, 7) is 0. The molecule has 0 aliphatic carbocycles. The van der Waals surface area contributed by atoms with Crippen molar-refractivity contribution in [3.63, 3.8) is 0 Å². The normalized spacial score (nSPS) is 5.14. The standard InChI is InChI=1S/3NO3.H2O.Pr/c3*2-1(3)4;;/h;;;1H2;/q3*-1;;+3. The summed E-state index contributed by atoms with van der Waals surface area (Å²) in [6, 6.07) is 0. The molecule has 0 bridgehead atoms. The maximum absolute atomic E-state index is 8.25. The molecule has 0 aromatic carbocycles. The number of rotatable bonds is 0. The van der Waals surface area contributed by atoms with E-state index in [1.807, 2.05) is 0 Å². The summed E-state index contributed by atoms with van der Waals surface area (Å²) in [7, 11) is 0. The van der Waals surface area contributed by atoms with Crippen molar-refractivity contribution in [3.05, 3.63) is 46.0 Å². The first kappa shape index (κ1) is 29.3. The van der Waals surface area contributed by atoms with E-state index in [1.54, 1.807) is 0 Å². The topological polar surface area (TPSA) is 230 Å². The van der Waals surface area contributed by atoms with Crippen LogP contribution >= 0.6 is 0 Å². The van der Waals surface area contributed by atoms with Crippen LogP contribution in [-0.4, -0.2) is 20.7 Å². The summed E-state index contributed by atoms with van der Waals surface area (Å²) in [5, 5.41) is 44.2. The Bertz CT molecular complexity index is 113. The number of hydrogen-bond donors (Lipinski definition) is 0. The van der Waals surface area contributed by atoms with E-state index in [0.29, 0.717) is 0 Å². The van der Waals surface area contributed by atoms with Crippen molar-refractivity contribution in [1.82, 2.24) is 0 Å². The smallest absolute Gasteiger partial charge is 0.412 e. The quantitative estimate of drug-likeness (QED) is 0.365. The summed E-state index contributed by atoms with van der Waals surface area (Å²) in [4.78, 5) is 24.8. The molecule has 80 valence electrons. The molecule has 0 heterocycles. The van der Waals surface area contributed by atoms with E-state index in [2.05, 4.69) is 0 Å². The van der Waals surface area contributed by atoms with E-state index in [1.165, 1.54) is 0 Å². The van der Waals surface area contributed by atoms with Gasteiger partial charge >= 0.3 is 41.3 Å². The Labute approximate surface area is 108 Å². The van der Waals surface area contributed by atoms with Gasteiger partial charge < -0.3 is 51.4 Å². The van der Waals surface area contributed by atoms with Crippen molar-refractivity contribution in [3.8, 4) is 0 Å². The Morgan fingerprint density at radius 3 is 0.571 bits per heavy atom. The fourth-order valence-electron chi connectivity index (χ4n) is 0. The monoisotopic (exact) mass is 345 g/mol. The number of hydrogen-bond acceptors (Lipinski definition) is 9. The van der Waals surface area contributed by atoms with E-state index in [4.69, 9.17) is 46.0 Å². The van der Waals surface area contributed by atoms with Crippen LogP contribution in [0.1, 0.15) is 0 Å². The van der Waals surface area contributed by atoms with E-state index >= 15 is 0 Å². The zero-order chi connectivity index (χ0) is 10.7. The maximum atomic E-state index is 8.25. The van der Waals surface area contributed by atoms with Crippen LogP contribution < -0.4 is 0 Å². The van der Waals surface area contributed by atoms with Gasteiger partial charge in [-0.2, -0.15) is 0 Å². The van der Waals surface area contributed by atoms with E-state index in [0.717, 1.165) is 0 Å². The Kier molecular flexibility index (Phi) is 47.4. The summed E-state index contributed by atoms with van der Waals surface area (Å²) in [5.74, 6) is 0. The molecule has 0 unspecified atom stereocenters. The van der Waals surface area contributed by atoms with Gasteiger partial charge in [0.15, 0.2) is 0 Å². The first-order valence-electron chi connectivity index (χ1n) is 1.64. The second-order valence-electron chi connectivity index (χ2n) is 0.671.